The molecule has 3 heterocycles. The van der Waals surface area contributed by atoms with Gasteiger partial charge in [-0.2, -0.15) is 26.3 Å². The average molecular weight is 623 g/mol. The second kappa shape index (κ2) is 10.9. The number of hydrogen-bond donors (Lipinski definition) is 1. The second-order valence-electron chi connectivity index (χ2n) is 10.0. The third-order valence-electron chi connectivity index (χ3n) is 6.91. The summed E-state index contributed by atoms with van der Waals surface area (Å²) in [4.78, 5) is 21.3. The fourth-order valence-corrected chi connectivity index (χ4v) is 5.52. The van der Waals surface area contributed by atoms with Crippen LogP contribution in [0, 0.1) is 6.92 Å². The first kappa shape index (κ1) is 31.4. The van der Waals surface area contributed by atoms with E-state index in [0.717, 1.165) is 12.3 Å². The minimum Gasteiger partial charge on any atom is -0.375 e. The van der Waals surface area contributed by atoms with Gasteiger partial charge in [0.15, 0.2) is 0 Å². The number of nitrogens with one attached hydrogen (secondary N) is 1. The lowest BCUT2D eigenvalue weighted by atomic mass is 9.83. The molecule has 1 amide bonds. The Morgan fingerprint density at radius 1 is 1.17 bits per heavy atom. The smallest absolute Gasteiger partial charge is 0.375 e. The molecule has 228 valence electrons. The summed E-state index contributed by atoms with van der Waals surface area (Å²) in [5, 5.41) is 6.40. The van der Waals surface area contributed by atoms with E-state index in [4.69, 9.17) is 4.84 Å². The SMILES string of the molecule is C/C=C/C(F)(F)[C@@]1(c2cc(C(F)(F)F)cc(C(F)F)n2)CC(c2ccc(C(=O)NC3CN(S(C)(=O)=O)C3)c(C)c2)=NO1. The van der Waals surface area contributed by atoms with Crippen molar-refractivity contribution in [3.8, 4) is 0 Å². The molecule has 1 atom stereocenters. The zero-order valence-corrected chi connectivity index (χ0v) is 23.2. The van der Waals surface area contributed by atoms with Gasteiger partial charge in [0.1, 0.15) is 5.69 Å². The van der Waals surface area contributed by atoms with E-state index < -0.39 is 69.5 Å². The molecule has 0 unspecified atom stereocenters. The maximum absolute atomic E-state index is 15.5. The molecule has 1 N–H and O–H groups in total. The van der Waals surface area contributed by atoms with Crippen LogP contribution in [-0.4, -0.2) is 60.6 Å². The topological polar surface area (TPSA) is 101 Å². The van der Waals surface area contributed by atoms with E-state index in [0.29, 0.717) is 11.6 Å². The van der Waals surface area contributed by atoms with Gasteiger partial charge in [-0.1, -0.05) is 17.3 Å². The summed E-state index contributed by atoms with van der Waals surface area (Å²) in [6, 6.07) is 4.08. The molecule has 0 aliphatic carbocycles. The van der Waals surface area contributed by atoms with Gasteiger partial charge in [-0.05, 0) is 55.3 Å². The minimum absolute atomic E-state index is 0.0851. The zero-order valence-electron chi connectivity index (χ0n) is 22.3. The van der Waals surface area contributed by atoms with Gasteiger partial charge in [0.2, 0.25) is 10.0 Å². The van der Waals surface area contributed by atoms with Gasteiger partial charge in [-0.15, -0.1) is 0 Å². The lowest BCUT2D eigenvalue weighted by Crippen LogP contribution is -2.60. The Morgan fingerprint density at radius 2 is 1.83 bits per heavy atom. The van der Waals surface area contributed by atoms with Crippen LogP contribution in [0.3, 0.4) is 0 Å². The Balaban J connectivity index is 1.64. The van der Waals surface area contributed by atoms with Gasteiger partial charge in [-0.3, -0.25) is 4.79 Å². The largest absolute Gasteiger partial charge is 0.416 e. The summed E-state index contributed by atoms with van der Waals surface area (Å²) in [5.74, 6) is -4.55. The van der Waals surface area contributed by atoms with Crippen LogP contribution < -0.4 is 5.32 Å². The summed E-state index contributed by atoms with van der Waals surface area (Å²) in [7, 11) is -3.38. The van der Waals surface area contributed by atoms with E-state index >= 15 is 8.78 Å². The monoisotopic (exact) mass is 622 g/mol. The highest BCUT2D eigenvalue weighted by Gasteiger charge is 2.61. The highest BCUT2D eigenvalue weighted by Crippen LogP contribution is 2.49. The number of carbonyl (C=O) groups is 1. The second-order valence-corrected chi connectivity index (χ2v) is 12.0. The zero-order chi connectivity index (χ0) is 31.3. The van der Waals surface area contributed by atoms with Crippen LogP contribution in [0.25, 0.3) is 0 Å². The normalized spacial score (nSPS) is 20.5. The van der Waals surface area contributed by atoms with Crippen molar-refractivity contribution in [2.45, 2.75) is 50.4 Å². The Labute approximate surface area is 236 Å². The number of carbonyl (C=O) groups excluding carboxylic acids is 1. The van der Waals surface area contributed by atoms with Crippen molar-refractivity contribution in [1.82, 2.24) is 14.6 Å². The molecule has 1 aromatic carbocycles. The number of allylic oxidation sites excluding steroid dienone is 1. The summed E-state index contributed by atoms with van der Waals surface area (Å²) in [6.07, 6.45) is -7.13. The first-order chi connectivity index (χ1) is 19.4. The molecule has 16 heteroatoms. The molecule has 2 aromatic rings. The van der Waals surface area contributed by atoms with Crippen LogP contribution in [0.4, 0.5) is 30.7 Å². The quantitative estimate of drug-likeness (QED) is 0.332. The number of alkyl halides is 7. The third kappa shape index (κ3) is 6.00. The van der Waals surface area contributed by atoms with Crippen molar-refractivity contribution in [3.05, 3.63) is 76.1 Å². The first-order valence-electron chi connectivity index (χ1n) is 12.4. The minimum atomic E-state index is -5.14. The van der Waals surface area contributed by atoms with E-state index in [9.17, 15) is 35.2 Å². The van der Waals surface area contributed by atoms with Gasteiger partial charge in [0.25, 0.3) is 17.9 Å². The summed E-state index contributed by atoms with van der Waals surface area (Å²) in [6.45, 7) is 2.99. The highest BCUT2D eigenvalue weighted by atomic mass is 32.2. The molecule has 1 saturated heterocycles. The van der Waals surface area contributed by atoms with Crippen molar-refractivity contribution in [2.75, 3.05) is 19.3 Å². The molecular formula is C26H25F7N4O4S. The van der Waals surface area contributed by atoms with Crippen molar-refractivity contribution in [1.29, 1.82) is 0 Å². The lowest BCUT2D eigenvalue weighted by molar-refractivity contribution is -0.179. The standard InChI is InChI=1S/C26H25F7N4O4S/c1-4-7-25(29,30)24(21-10-16(26(31,32)33)9-19(35-21)22(27)28)11-20(36-41-24)15-5-6-18(14(2)8-15)23(38)34-17-12-37(13-17)42(3,39)40/h4-10,17,22H,11-13H2,1-3H3,(H,34,38)/b7-4+/t24-/m0/s1. The lowest BCUT2D eigenvalue weighted by Gasteiger charge is -2.37. The predicted molar refractivity (Wildman–Crippen MR) is 137 cm³/mol. The number of pyridine rings is 1. The molecule has 0 radical (unpaired) electrons. The average Bonchev–Trinajstić information content (AvgIpc) is 3.32. The maximum Gasteiger partial charge on any atom is 0.416 e. The fraction of sp³-hybridized carbons (Fsp3) is 0.423. The number of amides is 1. The molecule has 42 heavy (non-hydrogen) atoms. The highest BCUT2D eigenvalue weighted by molar-refractivity contribution is 7.88. The number of halogens is 7. The third-order valence-corrected chi connectivity index (χ3v) is 8.15. The molecule has 0 saturated carbocycles. The van der Waals surface area contributed by atoms with E-state index in [1.807, 2.05) is 0 Å². The Hall–Kier alpha value is -3.53. The van der Waals surface area contributed by atoms with Crippen LogP contribution >= 0.6 is 0 Å². The molecular weight excluding hydrogens is 597 g/mol. The molecule has 1 aromatic heterocycles. The van der Waals surface area contributed by atoms with Crippen molar-refractivity contribution >= 4 is 21.6 Å². The predicted octanol–water partition coefficient (Wildman–Crippen LogP) is 4.95. The summed E-state index contributed by atoms with van der Waals surface area (Å²) < 4.78 is 123. The summed E-state index contributed by atoms with van der Waals surface area (Å²) in [5.41, 5.74) is -6.41. The number of hydrogen-bond acceptors (Lipinski definition) is 6. The molecule has 1 fully saturated rings. The van der Waals surface area contributed by atoms with Crippen LogP contribution in [0.15, 0.2) is 47.6 Å². The maximum atomic E-state index is 15.5. The Kier molecular flexibility index (Phi) is 8.19. The first-order valence-corrected chi connectivity index (χ1v) is 14.2. The molecule has 0 bridgehead atoms. The van der Waals surface area contributed by atoms with Gasteiger partial charge < -0.3 is 10.2 Å². The molecule has 2 aliphatic heterocycles. The molecule has 4 rings (SSSR count). The van der Waals surface area contributed by atoms with E-state index in [1.54, 1.807) is 6.92 Å². The fourth-order valence-electron chi connectivity index (χ4n) is 4.61. The number of aromatic nitrogens is 1. The Morgan fingerprint density at radius 3 is 2.38 bits per heavy atom. The van der Waals surface area contributed by atoms with Gasteiger partial charge >= 0.3 is 12.1 Å². The van der Waals surface area contributed by atoms with E-state index in [1.165, 1.54) is 29.4 Å². The number of aryl methyl sites for hydroxylation is 1. The molecule has 0 spiro atoms. The van der Waals surface area contributed by atoms with Gasteiger partial charge in [0.05, 0.1) is 29.3 Å². The molecule has 2 aliphatic rings. The van der Waals surface area contributed by atoms with E-state index in [-0.39, 0.29) is 42.1 Å². The van der Waals surface area contributed by atoms with Gasteiger partial charge in [-0.25, -0.2) is 22.2 Å². The van der Waals surface area contributed by atoms with Crippen LogP contribution in [0.2, 0.25) is 0 Å². The number of oxime groups is 1. The Bertz CT molecular complexity index is 1550. The summed E-state index contributed by atoms with van der Waals surface area (Å²) >= 11 is 0. The number of benzene rings is 1. The van der Waals surface area contributed by atoms with Crippen LogP contribution in [0.5, 0.6) is 0 Å². The van der Waals surface area contributed by atoms with Crippen molar-refractivity contribution in [2.24, 2.45) is 5.16 Å². The van der Waals surface area contributed by atoms with Crippen LogP contribution in [0.1, 0.15) is 58.2 Å². The number of sulfonamides is 1. The van der Waals surface area contributed by atoms with Gasteiger partial charge in [0, 0.05) is 25.1 Å². The molecule has 8 nitrogen and oxygen atoms in total. The van der Waals surface area contributed by atoms with Crippen LogP contribution in [-0.2, 0) is 26.6 Å². The van der Waals surface area contributed by atoms with E-state index in [2.05, 4.69) is 15.5 Å². The number of nitrogens with zero attached hydrogens (tertiary/aromatic N) is 3. The van der Waals surface area contributed by atoms with Crippen molar-refractivity contribution < 1.29 is 48.8 Å². The number of rotatable bonds is 8. The van der Waals surface area contributed by atoms with Crippen molar-refractivity contribution in [3.63, 3.8) is 0 Å².